The quantitative estimate of drug-likeness (QED) is 0.684. The summed E-state index contributed by atoms with van der Waals surface area (Å²) in [6.07, 6.45) is 4.22. The van der Waals surface area contributed by atoms with E-state index in [0.717, 1.165) is 0 Å². The molecule has 5 heteroatoms. The second-order valence-corrected chi connectivity index (χ2v) is 4.22. The van der Waals surface area contributed by atoms with E-state index in [-0.39, 0.29) is 5.75 Å². The van der Waals surface area contributed by atoms with Crippen LogP contribution in [0.15, 0.2) is 18.2 Å². The highest BCUT2D eigenvalue weighted by molar-refractivity contribution is 6.42. The van der Waals surface area contributed by atoms with Gasteiger partial charge in [0.05, 0.1) is 10.0 Å². The molecule has 3 nitrogen and oxygen atoms in total. The Morgan fingerprint density at radius 2 is 1.65 bits per heavy atom. The largest absolute Gasteiger partial charge is 0.508 e. The number of phenolic OH excluding ortho intramolecular Hbond substituents is 1. The van der Waals surface area contributed by atoms with Crippen molar-refractivity contribution in [3.8, 4) is 5.75 Å². The van der Waals surface area contributed by atoms with Crippen molar-refractivity contribution in [2.24, 2.45) is 5.73 Å². The van der Waals surface area contributed by atoms with Crippen LogP contribution in [0.3, 0.4) is 0 Å². The lowest BCUT2D eigenvalue weighted by atomic mass is 10.2. The van der Waals surface area contributed by atoms with Gasteiger partial charge in [-0.25, -0.2) is 0 Å². The highest BCUT2D eigenvalue weighted by atomic mass is 35.5. The first-order valence-corrected chi connectivity index (χ1v) is 6.38. The maximum absolute atomic E-state index is 8.79. The normalized spacial score (nSPS) is 13.9. The molecule has 2 rings (SSSR count). The molecule has 0 aliphatic carbocycles. The molecule has 1 aliphatic heterocycles. The minimum atomic E-state index is 0.129. The SMILES string of the molecule is C1CCNCC1.CN.Oc1ccc(Cl)c(Cl)c1. The number of hydrogen-bond donors (Lipinski definition) is 3. The molecular formula is C12H20Cl2N2O. The lowest BCUT2D eigenvalue weighted by Gasteiger charge is -2.08. The van der Waals surface area contributed by atoms with E-state index in [1.807, 2.05) is 0 Å². The van der Waals surface area contributed by atoms with Crippen molar-refractivity contribution in [1.29, 1.82) is 0 Å². The number of hydrogen-bond acceptors (Lipinski definition) is 3. The van der Waals surface area contributed by atoms with Crippen LogP contribution in [0.5, 0.6) is 5.75 Å². The first-order chi connectivity index (χ1) is 8.20. The minimum Gasteiger partial charge on any atom is -0.508 e. The van der Waals surface area contributed by atoms with Crippen molar-refractivity contribution >= 4 is 23.2 Å². The fourth-order valence-corrected chi connectivity index (χ4v) is 1.58. The van der Waals surface area contributed by atoms with E-state index >= 15 is 0 Å². The van der Waals surface area contributed by atoms with E-state index in [2.05, 4.69) is 11.1 Å². The summed E-state index contributed by atoms with van der Waals surface area (Å²) in [5, 5.41) is 12.9. The van der Waals surface area contributed by atoms with Crippen LogP contribution in [0.1, 0.15) is 19.3 Å². The lowest BCUT2D eigenvalue weighted by Crippen LogP contribution is -2.21. The summed E-state index contributed by atoms with van der Waals surface area (Å²) < 4.78 is 0. The lowest BCUT2D eigenvalue weighted by molar-refractivity contribution is 0.475. The molecule has 0 amide bonds. The van der Waals surface area contributed by atoms with E-state index in [1.54, 1.807) is 6.07 Å². The van der Waals surface area contributed by atoms with Crippen molar-refractivity contribution in [3.05, 3.63) is 28.2 Å². The minimum absolute atomic E-state index is 0.129. The van der Waals surface area contributed by atoms with Gasteiger partial charge >= 0.3 is 0 Å². The van der Waals surface area contributed by atoms with Gasteiger partial charge in [-0.2, -0.15) is 0 Å². The number of rotatable bonds is 0. The van der Waals surface area contributed by atoms with Gasteiger partial charge in [-0.1, -0.05) is 29.6 Å². The third-order valence-electron chi connectivity index (χ3n) is 2.11. The Labute approximate surface area is 113 Å². The molecule has 1 saturated heterocycles. The number of halogens is 2. The number of aromatic hydroxyl groups is 1. The van der Waals surface area contributed by atoms with Gasteiger partial charge in [0, 0.05) is 0 Å². The second-order valence-electron chi connectivity index (χ2n) is 3.41. The summed E-state index contributed by atoms with van der Waals surface area (Å²) >= 11 is 11.1. The summed E-state index contributed by atoms with van der Waals surface area (Å²) in [6.45, 7) is 2.50. The van der Waals surface area contributed by atoms with Crippen molar-refractivity contribution in [2.45, 2.75) is 19.3 Å². The second kappa shape index (κ2) is 10.7. The van der Waals surface area contributed by atoms with E-state index in [4.69, 9.17) is 28.3 Å². The van der Waals surface area contributed by atoms with Crippen LogP contribution in [-0.2, 0) is 0 Å². The highest BCUT2D eigenvalue weighted by Crippen LogP contribution is 2.24. The van der Waals surface area contributed by atoms with Gasteiger partial charge in [-0.3, -0.25) is 0 Å². The average Bonchev–Trinajstić information content (AvgIpc) is 2.39. The Balaban J connectivity index is 0.000000278. The van der Waals surface area contributed by atoms with Crippen LogP contribution in [0.4, 0.5) is 0 Å². The summed E-state index contributed by atoms with van der Waals surface area (Å²) in [4.78, 5) is 0. The Hall–Kier alpha value is -0.480. The standard InChI is InChI=1S/C6H4Cl2O.C5H11N.CH5N/c7-5-2-1-4(9)3-6(5)8;1-2-4-6-5-3-1;1-2/h1-3,9H;6H,1-5H2;2H2,1H3. The number of piperidine rings is 1. The monoisotopic (exact) mass is 278 g/mol. The molecule has 0 atom stereocenters. The Morgan fingerprint density at radius 1 is 1.06 bits per heavy atom. The number of nitrogens with two attached hydrogens (primary N) is 1. The molecule has 1 heterocycles. The van der Waals surface area contributed by atoms with E-state index < -0.39 is 0 Å². The van der Waals surface area contributed by atoms with Crippen LogP contribution in [0, 0.1) is 0 Å². The van der Waals surface area contributed by atoms with Crippen LogP contribution >= 0.6 is 23.2 Å². The van der Waals surface area contributed by atoms with Gasteiger partial charge < -0.3 is 16.2 Å². The molecule has 4 N–H and O–H groups in total. The van der Waals surface area contributed by atoms with Crippen molar-refractivity contribution in [3.63, 3.8) is 0 Å². The zero-order chi connectivity index (χ0) is 13.1. The number of nitrogens with one attached hydrogen (secondary N) is 1. The van der Waals surface area contributed by atoms with Crippen LogP contribution in [-0.4, -0.2) is 25.2 Å². The van der Waals surface area contributed by atoms with E-state index in [1.165, 1.54) is 51.5 Å². The summed E-state index contributed by atoms with van der Waals surface area (Å²) in [5.41, 5.74) is 4.50. The Bertz CT molecular complexity index is 293. The maximum atomic E-state index is 8.79. The predicted molar refractivity (Wildman–Crippen MR) is 75.0 cm³/mol. The third kappa shape index (κ3) is 8.27. The maximum Gasteiger partial charge on any atom is 0.117 e. The smallest absolute Gasteiger partial charge is 0.117 e. The number of phenols is 1. The van der Waals surface area contributed by atoms with Gasteiger partial charge in [-0.05, 0) is 51.2 Å². The fraction of sp³-hybridized carbons (Fsp3) is 0.500. The van der Waals surface area contributed by atoms with Gasteiger partial charge in [-0.15, -0.1) is 0 Å². The van der Waals surface area contributed by atoms with Gasteiger partial charge in [0.1, 0.15) is 5.75 Å². The average molecular weight is 279 g/mol. The third-order valence-corrected chi connectivity index (χ3v) is 2.85. The molecule has 0 unspecified atom stereocenters. The molecule has 0 bridgehead atoms. The van der Waals surface area contributed by atoms with Crippen LogP contribution in [0.2, 0.25) is 10.0 Å². The van der Waals surface area contributed by atoms with Crippen molar-refractivity contribution < 1.29 is 5.11 Å². The Kier molecular flexibility index (Phi) is 10.4. The van der Waals surface area contributed by atoms with E-state index in [0.29, 0.717) is 10.0 Å². The molecule has 0 radical (unpaired) electrons. The first kappa shape index (κ1) is 16.5. The van der Waals surface area contributed by atoms with Gasteiger partial charge in [0.15, 0.2) is 0 Å². The molecule has 1 aromatic carbocycles. The molecule has 1 aliphatic rings. The molecule has 0 spiro atoms. The van der Waals surface area contributed by atoms with Crippen molar-refractivity contribution in [2.75, 3.05) is 20.1 Å². The first-order valence-electron chi connectivity index (χ1n) is 5.62. The molecule has 98 valence electrons. The predicted octanol–water partition coefficient (Wildman–Crippen LogP) is 3.03. The summed E-state index contributed by atoms with van der Waals surface area (Å²) in [5.74, 6) is 0.129. The molecule has 17 heavy (non-hydrogen) atoms. The van der Waals surface area contributed by atoms with Crippen molar-refractivity contribution in [1.82, 2.24) is 5.32 Å². The molecule has 1 fully saturated rings. The molecule has 0 aromatic heterocycles. The summed E-state index contributed by atoms with van der Waals surface area (Å²) in [7, 11) is 1.50. The van der Waals surface area contributed by atoms with Gasteiger partial charge in [0.25, 0.3) is 0 Å². The highest BCUT2D eigenvalue weighted by Gasteiger charge is 1.95. The van der Waals surface area contributed by atoms with Crippen LogP contribution < -0.4 is 11.1 Å². The van der Waals surface area contributed by atoms with Crippen LogP contribution in [0.25, 0.3) is 0 Å². The fourth-order valence-electron chi connectivity index (χ4n) is 1.29. The molecule has 0 saturated carbocycles. The topological polar surface area (TPSA) is 58.3 Å². The number of benzene rings is 1. The van der Waals surface area contributed by atoms with Gasteiger partial charge in [0.2, 0.25) is 0 Å². The molecule has 1 aromatic rings. The molecular weight excluding hydrogens is 259 g/mol. The zero-order valence-electron chi connectivity index (χ0n) is 10.0. The van der Waals surface area contributed by atoms with E-state index in [9.17, 15) is 0 Å². The zero-order valence-corrected chi connectivity index (χ0v) is 11.6. The summed E-state index contributed by atoms with van der Waals surface area (Å²) in [6, 6.07) is 4.41. The Morgan fingerprint density at radius 3 is 1.94 bits per heavy atom.